The minimum absolute atomic E-state index is 0.0346. The normalized spacial score (nSPS) is 20.2. The van der Waals surface area contributed by atoms with Gasteiger partial charge in [-0.25, -0.2) is 0 Å². The largest absolute Gasteiger partial charge is 0.385 e. The van der Waals surface area contributed by atoms with E-state index in [2.05, 4.69) is 21.7 Å². The average molecular weight is 322 g/mol. The highest BCUT2D eigenvalue weighted by Gasteiger charge is 2.30. The number of anilines is 1. The highest BCUT2D eigenvalue weighted by atomic mass is 16.2. The van der Waals surface area contributed by atoms with Crippen LogP contribution in [0, 0.1) is 0 Å². The van der Waals surface area contributed by atoms with Crippen molar-refractivity contribution in [1.82, 2.24) is 15.2 Å². The van der Waals surface area contributed by atoms with Crippen LogP contribution in [0.25, 0.3) is 0 Å². The molecule has 1 aromatic heterocycles. The standard InChI is InChI=1S/C19H22N4O/c24-19(16-5-1-7-17-15(16)6-3-9-22-17)23-11-10-21-13-18(23)14-4-2-8-20-12-14/h1-2,4-5,7-8,12,18,21-22H,3,6,9-11,13H2. The zero-order chi connectivity index (χ0) is 16.4. The molecule has 0 aliphatic carbocycles. The zero-order valence-corrected chi connectivity index (χ0v) is 13.7. The number of carbonyl (C=O) groups excluding carboxylic acids is 1. The summed E-state index contributed by atoms with van der Waals surface area (Å²) in [5.74, 6) is 0.130. The third-order valence-corrected chi connectivity index (χ3v) is 4.90. The molecule has 3 heterocycles. The molecule has 2 aliphatic rings. The molecule has 5 heteroatoms. The minimum atomic E-state index is 0.0346. The number of pyridine rings is 1. The number of nitrogens with zero attached hydrogens (tertiary/aromatic N) is 2. The monoisotopic (exact) mass is 322 g/mol. The van der Waals surface area contributed by atoms with Gasteiger partial charge in [0.15, 0.2) is 0 Å². The second kappa shape index (κ2) is 6.61. The molecule has 1 unspecified atom stereocenters. The zero-order valence-electron chi connectivity index (χ0n) is 13.7. The molecule has 1 amide bonds. The number of fused-ring (bicyclic) bond motifs is 1. The Morgan fingerprint density at radius 3 is 3.04 bits per heavy atom. The Morgan fingerprint density at radius 1 is 1.21 bits per heavy atom. The molecule has 5 nitrogen and oxygen atoms in total. The van der Waals surface area contributed by atoms with Gasteiger partial charge in [-0.2, -0.15) is 0 Å². The van der Waals surface area contributed by atoms with E-state index in [1.807, 2.05) is 35.4 Å². The number of carbonyl (C=O) groups is 1. The van der Waals surface area contributed by atoms with E-state index < -0.39 is 0 Å². The second-order valence-corrected chi connectivity index (χ2v) is 6.37. The lowest BCUT2D eigenvalue weighted by Gasteiger charge is -2.37. The fraction of sp³-hybridized carbons (Fsp3) is 0.368. The Kier molecular flexibility index (Phi) is 4.17. The first-order valence-electron chi connectivity index (χ1n) is 8.62. The lowest BCUT2D eigenvalue weighted by atomic mass is 9.95. The Labute approximate surface area is 142 Å². The molecule has 0 saturated carbocycles. The lowest BCUT2D eigenvalue weighted by Crippen LogP contribution is -2.49. The number of amides is 1. The first-order chi connectivity index (χ1) is 11.8. The number of hydrogen-bond donors (Lipinski definition) is 2. The van der Waals surface area contributed by atoms with Crippen LogP contribution in [0.4, 0.5) is 5.69 Å². The highest BCUT2D eigenvalue weighted by molar-refractivity contribution is 5.97. The smallest absolute Gasteiger partial charge is 0.254 e. The number of hydrogen-bond acceptors (Lipinski definition) is 4. The molecule has 0 spiro atoms. The highest BCUT2D eigenvalue weighted by Crippen LogP contribution is 2.29. The third-order valence-electron chi connectivity index (χ3n) is 4.90. The molecule has 2 N–H and O–H groups in total. The van der Waals surface area contributed by atoms with Crippen LogP contribution in [-0.4, -0.2) is 42.0 Å². The first-order valence-corrected chi connectivity index (χ1v) is 8.62. The van der Waals surface area contributed by atoms with Crippen LogP contribution in [0.15, 0.2) is 42.7 Å². The molecule has 2 aliphatic heterocycles. The summed E-state index contributed by atoms with van der Waals surface area (Å²) in [7, 11) is 0. The molecule has 1 atom stereocenters. The van der Waals surface area contributed by atoms with Gasteiger partial charge in [0.25, 0.3) is 5.91 Å². The number of benzene rings is 1. The van der Waals surface area contributed by atoms with E-state index >= 15 is 0 Å². The first kappa shape index (κ1) is 15.1. The molecule has 1 saturated heterocycles. The molecular weight excluding hydrogens is 300 g/mol. The van der Waals surface area contributed by atoms with Gasteiger partial charge >= 0.3 is 0 Å². The molecule has 24 heavy (non-hydrogen) atoms. The van der Waals surface area contributed by atoms with Crippen LogP contribution in [0.2, 0.25) is 0 Å². The van der Waals surface area contributed by atoms with Crippen molar-refractivity contribution in [2.75, 3.05) is 31.5 Å². The topological polar surface area (TPSA) is 57.3 Å². The van der Waals surface area contributed by atoms with Crippen LogP contribution in [0.3, 0.4) is 0 Å². The third kappa shape index (κ3) is 2.76. The van der Waals surface area contributed by atoms with Gasteiger partial charge in [-0.3, -0.25) is 9.78 Å². The lowest BCUT2D eigenvalue weighted by molar-refractivity contribution is 0.0633. The SMILES string of the molecule is O=C(c1cccc2c1CCCN2)N1CCNCC1c1cccnc1. The summed E-state index contributed by atoms with van der Waals surface area (Å²) in [5.41, 5.74) is 4.20. The van der Waals surface area contributed by atoms with Gasteiger partial charge in [-0.15, -0.1) is 0 Å². The van der Waals surface area contributed by atoms with E-state index in [-0.39, 0.29) is 11.9 Å². The number of rotatable bonds is 2. The van der Waals surface area contributed by atoms with Gasteiger partial charge in [-0.05, 0) is 42.2 Å². The summed E-state index contributed by atoms with van der Waals surface area (Å²) in [6.07, 6.45) is 5.67. The quantitative estimate of drug-likeness (QED) is 0.890. The molecule has 1 aromatic carbocycles. The van der Waals surface area contributed by atoms with Crippen LogP contribution < -0.4 is 10.6 Å². The van der Waals surface area contributed by atoms with Gasteiger partial charge in [0.2, 0.25) is 0 Å². The Balaban J connectivity index is 1.68. The van der Waals surface area contributed by atoms with Gasteiger partial charge in [0, 0.05) is 49.8 Å². The van der Waals surface area contributed by atoms with Crippen molar-refractivity contribution in [3.05, 3.63) is 59.4 Å². The summed E-state index contributed by atoms with van der Waals surface area (Å²) in [6, 6.07) is 10.0. The average Bonchev–Trinajstić information content (AvgIpc) is 2.68. The van der Waals surface area contributed by atoms with Crippen LogP contribution in [-0.2, 0) is 6.42 Å². The maximum absolute atomic E-state index is 13.3. The van der Waals surface area contributed by atoms with E-state index in [0.29, 0.717) is 0 Å². The summed E-state index contributed by atoms with van der Waals surface area (Å²) < 4.78 is 0. The van der Waals surface area contributed by atoms with Crippen molar-refractivity contribution in [1.29, 1.82) is 0 Å². The molecule has 2 aromatic rings. The van der Waals surface area contributed by atoms with E-state index in [1.165, 1.54) is 0 Å². The predicted molar refractivity (Wildman–Crippen MR) is 94.1 cm³/mol. The summed E-state index contributed by atoms with van der Waals surface area (Å²) in [6.45, 7) is 3.30. The van der Waals surface area contributed by atoms with Crippen LogP contribution in [0.5, 0.6) is 0 Å². The van der Waals surface area contributed by atoms with E-state index in [4.69, 9.17) is 0 Å². The van der Waals surface area contributed by atoms with E-state index in [9.17, 15) is 4.79 Å². The van der Waals surface area contributed by atoms with Gasteiger partial charge in [0.1, 0.15) is 0 Å². The van der Waals surface area contributed by atoms with Crippen molar-refractivity contribution in [2.45, 2.75) is 18.9 Å². The van der Waals surface area contributed by atoms with Crippen molar-refractivity contribution < 1.29 is 4.79 Å². The summed E-state index contributed by atoms with van der Waals surface area (Å²) in [4.78, 5) is 19.5. The second-order valence-electron chi connectivity index (χ2n) is 6.37. The van der Waals surface area contributed by atoms with Crippen molar-refractivity contribution in [2.24, 2.45) is 0 Å². The molecular formula is C19H22N4O. The Morgan fingerprint density at radius 2 is 2.17 bits per heavy atom. The van der Waals surface area contributed by atoms with Crippen molar-refractivity contribution >= 4 is 11.6 Å². The molecule has 1 fully saturated rings. The van der Waals surface area contributed by atoms with Crippen molar-refractivity contribution in [3.8, 4) is 0 Å². The van der Waals surface area contributed by atoms with E-state index in [1.54, 1.807) is 6.20 Å². The van der Waals surface area contributed by atoms with E-state index in [0.717, 1.165) is 61.4 Å². The molecule has 0 bridgehead atoms. The fourth-order valence-corrected chi connectivity index (χ4v) is 3.68. The maximum atomic E-state index is 13.3. The van der Waals surface area contributed by atoms with Gasteiger partial charge < -0.3 is 15.5 Å². The number of nitrogens with one attached hydrogen (secondary N) is 2. The molecule has 0 radical (unpaired) electrons. The van der Waals surface area contributed by atoms with Gasteiger partial charge in [-0.1, -0.05) is 12.1 Å². The number of aromatic nitrogens is 1. The van der Waals surface area contributed by atoms with Crippen molar-refractivity contribution in [3.63, 3.8) is 0 Å². The van der Waals surface area contributed by atoms with Crippen LogP contribution in [0.1, 0.15) is 33.9 Å². The fourth-order valence-electron chi connectivity index (χ4n) is 3.68. The van der Waals surface area contributed by atoms with Crippen LogP contribution >= 0.6 is 0 Å². The Bertz CT molecular complexity index is 731. The Hall–Kier alpha value is -2.40. The predicted octanol–water partition coefficient (Wildman–Crippen LogP) is 2.23. The molecule has 4 rings (SSSR count). The minimum Gasteiger partial charge on any atom is -0.385 e. The van der Waals surface area contributed by atoms with Gasteiger partial charge in [0.05, 0.1) is 6.04 Å². The summed E-state index contributed by atoms with van der Waals surface area (Å²) in [5, 5.41) is 6.81. The molecule has 124 valence electrons. The summed E-state index contributed by atoms with van der Waals surface area (Å²) >= 11 is 0. The number of piperazine rings is 1. The maximum Gasteiger partial charge on any atom is 0.254 e.